The van der Waals surface area contributed by atoms with Crippen LogP contribution in [0.5, 0.6) is 0 Å². The van der Waals surface area contributed by atoms with E-state index >= 15 is 0 Å². The Kier molecular flexibility index (Phi) is 7.17. The van der Waals surface area contributed by atoms with Crippen molar-refractivity contribution in [1.82, 2.24) is 0 Å². The minimum absolute atomic E-state index is 0.00299. The molecule has 0 bridgehead atoms. The molecule has 6 heteroatoms. The SMILES string of the molecule is CCOC(=O)O[C@@H]1CC[C@]2(C)C3=CC(=O)[C@]4(C)[C@H]([C@H](C)CCC(=O)OC)CC[C@H]4[C@H]3CC[C@@H]2C1. The highest BCUT2D eigenvalue weighted by molar-refractivity contribution is 5.97. The molecule has 0 N–H and O–H groups in total. The zero-order valence-corrected chi connectivity index (χ0v) is 21.6. The Balaban J connectivity index is 1.51. The fraction of sp³-hybridized carbons (Fsp3) is 0.821. The van der Waals surface area contributed by atoms with Gasteiger partial charge in [-0.3, -0.25) is 9.59 Å². The van der Waals surface area contributed by atoms with Gasteiger partial charge in [0.05, 0.1) is 13.7 Å². The molecule has 0 radical (unpaired) electrons. The number of methoxy groups -OCH3 is 1. The van der Waals surface area contributed by atoms with Crippen LogP contribution >= 0.6 is 0 Å². The summed E-state index contributed by atoms with van der Waals surface area (Å²) < 4.78 is 15.4. The average molecular weight is 475 g/mol. The molecule has 190 valence electrons. The van der Waals surface area contributed by atoms with Crippen LogP contribution in [0.15, 0.2) is 11.6 Å². The van der Waals surface area contributed by atoms with Crippen molar-refractivity contribution in [2.75, 3.05) is 13.7 Å². The Hall–Kier alpha value is -1.85. The third-order valence-corrected chi connectivity index (χ3v) is 10.2. The van der Waals surface area contributed by atoms with Gasteiger partial charge in [0.15, 0.2) is 5.78 Å². The van der Waals surface area contributed by atoms with E-state index in [4.69, 9.17) is 14.2 Å². The van der Waals surface area contributed by atoms with Crippen molar-refractivity contribution in [3.05, 3.63) is 11.6 Å². The van der Waals surface area contributed by atoms with Crippen LogP contribution in [-0.4, -0.2) is 37.7 Å². The third kappa shape index (κ3) is 4.19. The second-order valence-electron chi connectivity index (χ2n) is 11.6. The van der Waals surface area contributed by atoms with E-state index in [1.165, 1.54) is 12.7 Å². The summed E-state index contributed by atoms with van der Waals surface area (Å²) in [5.41, 5.74) is 1.04. The molecule has 0 saturated heterocycles. The standard InChI is InChI=1S/C28H42O6/c1-6-33-26(31)34-19-13-14-27(3)18(15-19)8-9-20-22-11-10-21(17(2)7-12-25(30)32-5)28(22,4)24(29)16-23(20)27/h16-22H,6-15H2,1-5H3/t17-,18-,19-,20-,21+,22+,27+,28-/m1/s1. The molecule has 3 fully saturated rings. The maximum Gasteiger partial charge on any atom is 0.508 e. The summed E-state index contributed by atoms with van der Waals surface area (Å²) in [4.78, 5) is 37.3. The van der Waals surface area contributed by atoms with Crippen LogP contribution < -0.4 is 0 Å². The van der Waals surface area contributed by atoms with Gasteiger partial charge in [-0.25, -0.2) is 4.79 Å². The summed E-state index contributed by atoms with van der Waals surface area (Å²) in [6.45, 7) is 8.87. The van der Waals surface area contributed by atoms with Crippen molar-refractivity contribution < 1.29 is 28.6 Å². The Morgan fingerprint density at radius 3 is 2.62 bits per heavy atom. The van der Waals surface area contributed by atoms with Gasteiger partial charge in [-0.1, -0.05) is 26.3 Å². The lowest BCUT2D eigenvalue weighted by molar-refractivity contribution is -0.141. The third-order valence-electron chi connectivity index (χ3n) is 10.2. The van der Waals surface area contributed by atoms with Crippen LogP contribution in [-0.2, 0) is 23.8 Å². The predicted molar refractivity (Wildman–Crippen MR) is 128 cm³/mol. The minimum Gasteiger partial charge on any atom is -0.469 e. The first-order valence-electron chi connectivity index (χ1n) is 13.3. The number of ketones is 1. The molecular formula is C28H42O6. The molecular weight excluding hydrogens is 432 g/mol. The summed E-state index contributed by atoms with van der Waals surface area (Å²) in [6, 6.07) is 0. The Labute approximate surface area is 204 Å². The molecule has 3 saturated carbocycles. The van der Waals surface area contributed by atoms with Crippen molar-refractivity contribution in [3.8, 4) is 0 Å². The number of esters is 1. The van der Waals surface area contributed by atoms with E-state index in [9.17, 15) is 14.4 Å². The van der Waals surface area contributed by atoms with Crippen molar-refractivity contribution in [3.63, 3.8) is 0 Å². The monoisotopic (exact) mass is 474 g/mol. The number of carbonyl (C=O) groups excluding carboxylic acids is 3. The predicted octanol–water partition coefficient (Wildman–Crippen LogP) is 5.88. The fourth-order valence-corrected chi connectivity index (χ4v) is 8.26. The smallest absolute Gasteiger partial charge is 0.469 e. The Morgan fingerprint density at radius 2 is 1.91 bits per heavy atom. The fourth-order valence-electron chi connectivity index (χ4n) is 8.26. The molecule has 0 unspecified atom stereocenters. The van der Waals surface area contributed by atoms with E-state index in [-0.39, 0.29) is 22.9 Å². The molecule has 34 heavy (non-hydrogen) atoms. The van der Waals surface area contributed by atoms with Crippen LogP contribution in [0.3, 0.4) is 0 Å². The number of allylic oxidation sites excluding steroid dienone is 2. The van der Waals surface area contributed by atoms with Gasteiger partial charge in [-0.05, 0) is 99.4 Å². The van der Waals surface area contributed by atoms with Gasteiger partial charge in [0.25, 0.3) is 0 Å². The minimum atomic E-state index is -0.564. The zero-order chi connectivity index (χ0) is 24.7. The van der Waals surface area contributed by atoms with E-state index in [2.05, 4.69) is 20.8 Å². The summed E-state index contributed by atoms with van der Waals surface area (Å²) in [5, 5.41) is 0. The second kappa shape index (κ2) is 9.66. The molecule has 4 aliphatic rings. The highest BCUT2D eigenvalue weighted by Crippen LogP contribution is 2.65. The van der Waals surface area contributed by atoms with E-state index in [1.807, 2.05) is 6.08 Å². The summed E-state index contributed by atoms with van der Waals surface area (Å²) in [7, 11) is 1.43. The van der Waals surface area contributed by atoms with Gasteiger partial charge in [-0.2, -0.15) is 0 Å². The van der Waals surface area contributed by atoms with Gasteiger partial charge in [0.1, 0.15) is 6.10 Å². The number of ether oxygens (including phenoxy) is 3. The normalized spacial score (nSPS) is 39.7. The van der Waals surface area contributed by atoms with Gasteiger partial charge >= 0.3 is 12.1 Å². The molecule has 0 aliphatic heterocycles. The largest absolute Gasteiger partial charge is 0.508 e. The number of carbonyl (C=O) groups is 3. The molecule has 0 spiro atoms. The average Bonchev–Trinajstić information content (AvgIpc) is 3.17. The summed E-state index contributed by atoms with van der Waals surface area (Å²) in [6.07, 6.45) is 9.55. The lowest BCUT2D eigenvalue weighted by Crippen LogP contribution is -2.52. The quantitative estimate of drug-likeness (QED) is 0.448. The van der Waals surface area contributed by atoms with E-state index < -0.39 is 6.16 Å². The van der Waals surface area contributed by atoms with Gasteiger partial charge in [0.2, 0.25) is 0 Å². The maximum absolute atomic E-state index is 13.8. The topological polar surface area (TPSA) is 78.9 Å². The summed E-state index contributed by atoms with van der Waals surface area (Å²) >= 11 is 0. The van der Waals surface area contributed by atoms with Gasteiger partial charge < -0.3 is 14.2 Å². The molecule has 4 rings (SSSR count). The Morgan fingerprint density at radius 1 is 1.15 bits per heavy atom. The van der Waals surface area contributed by atoms with Crippen molar-refractivity contribution in [2.45, 2.75) is 91.6 Å². The number of fused-ring (bicyclic) bond motifs is 5. The zero-order valence-electron chi connectivity index (χ0n) is 21.6. The van der Waals surface area contributed by atoms with Crippen molar-refractivity contribution >= 4 is 17.9 Å². The van der Waals surface area contributed by atoms with Crippen LogP contribution in [0.2, 0.25) is 0 Å². The lowest BCUT2D eigenvalue weighted by atomic mass is 9.48. The number of hydrogen-bond donors (Lipinski definition) is 0. The molecule has 0 aromatic rings. The van der Waals surface area contributed by atoms with Gasteiger partial charge in [0, 0.05) is 11.8 Å². The summed E-state index contributed by atoms with van der Waals surface area (Å²) in [5.74, 6) is 2.03. The molecule has 8 atom stereocenters. The van der Waals surface area contributed by atoms with E-state index in [1.54, 1.807) is 6.92 Å². The van der Waals surface area contributed by atoms with Crippen LogP contribution in [0, 0.1) is 40.4 Å². The van der Waals surface area contributed by atoms with Crippen LogP contribution in [0.25, 0.3) is 0 Å². The molecule has 0 aromatic heterocycles. The number of hydrogen-bond acceptors (Lipinski definition) is 6. The van der Waals surface area contributed by atoms with Crippen molar-refractivity contribution in [2.24, 2.45) is 40.4 Å². The number of rotatable bonds is 6. The van der Waals surface area contributed by atoms with Gasteiger partial charge in [-0.15, -0.1) is 0 Å². The Bertz CT molecular complexity index is 848. The highest BCUT2D eigenvalue weighted by atomic mass is 16.7. The highest BCUT2D eigenvalue weighted by Gasteiger charge is 2.61. The lowest BCUT2D eigenvalue weighted by Gasteiger charge is -2.56. The van der Waals surface area contributed by atoms with Crippen LogP contribution in [0.1, 0.15) is 85.5 Å². The first-order valence-corrected chi connectivity index (χ1v) is 13.3. The maximum atomic E-state index is 13.8. The van der Waals surface area contributed by atoms with Crippen molar-refractivity contribution in [1.29, 1.82) is 0 Å². The molecule has 6 nitrogen and oxygen atoms in total. The van der Waals surface area contributed by atoms with Crippen LogP contribution in [0.4, 0.5) is 4.79 Å². The molecule has 0 aromatic carbocycles. The first kappa shape index (κ1) is 25.2. The second-order valence-corrected chi connectivity index (χ2v) is 11.6. The first-order chi connectivity index (χ1) is 16.1. The molecule has 4 aliphatic carbocycles. The van der Waals surface area contributed by atoms with E-state index in [0.717, 1.165) is 51.4 Å². The molecule has 0 heterocycles. The van der Waals surface area contributed by atoms with E-state index in [0.29, 0.717) is 48.4 Å². The molecule has 0 amide bonds.